The maximum atomic E-state index is 13.8. The minimum Gasteiger partial charge on any atom is -0.454 e. The largest absolute Gasteiger partial charge is 0.454 e. The van der Waals surface area contributed by atoms with E-state index in [1.807, 2.05) is 35.9 Å². The van der Waals surface area contributed by atoms with E-state index < -0.39 is 27.8 Å². The first-order valence-electron chi connectivity index (χ1n) is 20.0. The van der Waals surface area contributed by atoms with E-state index in [1.54, 1.807) is 60.8 Å². The molecule has 1 atom stereocenters. The number of ether oxygens (including phenoxy) is 2. The van der Waals surface area contributed by atoms with E-state index >= 15 is 0 Å². The maximum Gasteiger partial charge on any atom is 0.264 e. The monoisotopic (exact) mass is 943 g/mol. The van der Waals surface area contributed by atoms with Crippen molar-refractivity contribution in [2.24, 2.45) is 5.73 Å². The third-order valence-electron chi connectivity index (χ3n) is 10.4. The molecule has 0 bridgehead atoms. The number of nitrogens with zero attached hydrogens (tertiary/aromatic N) is 2. The molecule has 3 aromatic heterocycles. The summed E-state index contributed by atoms with van der Waals surface area (Å²) >= 11 is 3.40. The Morgan fingerprint density at radius 1 is 0.875 bits per heavy atom. The van der Waals surface area contributed by atoms with Crippen molar-refractivity contribution in [2.75, 3.05) is 13.9 Å². The van der Waals surface area contributed by atoms with E-state index in [4.69, 9.17) is 20.1 Å². The van der Waals surface area contributed by atoms with Gasteiger partial charge < -0.3 is 29.3 Å². The summed E-state index contributed by atoms with van der Waals surface area (Å²) < 4.78 is 44.6. The Kier molecular flexibility index (Phi) is 14.2. The summed E-state index contributed by atoms with van der Waals surface area (Å²) in [5.41, 5.74) is 11.8. The van der Waals surface area contributed by atoms with Gasteiger partial charge in [-0.15, -0.1) is 13.2 Å². The molecule has 328 valence electrons. The number of aromatic amines is 1. The van der Waals surface area contributed by atoms with Crippen LogP contribution in [0.1, 0.15) is 38.5 Å². The third kappa shape index (κ3) is 10.3. The van der Waals surface area contributed by atoms with Crippen molar-refractivity contribution >= 4 is 70.5 Å². The number of fused-ring (bicyclic) bond motifs is 4. The zero-order valence-electron chi connectivity index (χ0n) is 35.1. The molecule has 4 N–H and O–H groups in total. The van der Waals surface area contributed by atoms with Crippen molar-refractivity contribution in [1.82, 2.24) is 18.8 Å². The van der Waals surface area contributed by atoms with Gasteiger partial charge in [0.1, 0.15) is 6.61 Å². The van der Waals surface area contributed by atoms with Gasteiger partial charge in [0.2, 0.25) is 18.6 Å². The van der Waals surface area contributed by atoms with Crippen molar-refractivity contribution in [2.45, 2.75) is 37.4 Å². The minimum atomic E-state index is -4.16. The molecule has 5 aromatic carbocycles. The first-order valence-corrected chi connectivity index (χ1v) is 22.3. The summed E-state index contributed by atoms with van der Waals surface area (Å²) in [5.74, 6) is -1.40. The van der Waals surface area contributed by atoms with Gasteiger partial charge in [-0.2, -0.15) is 0 Å². The summed E-state index contributed by atoms with van der Waals surface area (Å²) in [4.78, 5) is 38.3. The lowest BCUT2D eigenvalue weighted by Crippen LogP contribution is -2.35. The SMILES string of the molecule is Brc1ccc2cc[nH]c2c1.C=CCn1cc(C(C(=O)NS(=O)(=O)c2ccc(C)cc2)c2ccc3c(c2)OCO3)c2ccc(C(N)=O)cc21.C=CCn1ccc2ccc(COOC)cc21. The van der Waals surface area contributed by atoms with Crippen LogP contribution in [0.3, 0.4) is 0 Å². The molecule has 8 aromatic rings. The Morgan fingerprint density at radius 3 is 2.38 bits per heavy atom. The molecule has 0 fully saturated rings. The number of benzene rings is 5. The van der Waals surface area contributed by atoms with Gasteiger partial charge in [-0.25, -0.2) is 22.9 Å². The molecule has 2 amide bonds. The van der Waals surface area contributed by atoms with Crippen LogP contribution in [0.4, 0.5) is 0 Å². The molecule has 0 saturated heterocycles. The average Bonchev–Trinajstić information content (AvgIpc) is 4.10. The van der Waals surface area contributed by atoms with Crippen molar-refractivity contribution in [3.63, 3.8) is 0 Å². The molecule has 0 spiro atoms. The second-order valence-electron chi connectivity index (χ2n) is 14.7. The average molecular weight is 945 g/mol. The summed E-state index contributed by atoms with van der Waals surface area (Å²) in [6.45, 7) is 11.1. The van der Waals surface area contributed by atoms with Crippen LogP contribution in [-0.2, 0) is 44.3 Å². The highest BCUT2D eigenvalue weighted by molar-refractivity contribution is 9.10. The normalized spacial score (nSPS) is 12.2. The second kappa shape index (κ2) is 20.1. The van der Waals surface area contributed by atoms with Crippen molar-refractivity contribution in [3.05, 3.63) is 185 Å². The lowest BCUT2D eigenvalue weighted by Gasteiger charge is -2.18. The molecule has 13 nitrogen and oxygen atoms in total. The van der Waals surface area contributed by atoms with Crippen LogP contribution in [0.15, 0.2) is 162 Å². The quantitative estimate of drug-likeness (QED) is 0.0584. The van der Waals surface area contributed by atoms with E-state index in [2.05, 4.69) is 90.8 Å². The first-order chi connectivity index (χ1) is 30.9. The zero-order valence-corrected chi connectivity index (χ0v) is 37.5. The minimum absolute atomic E-state index is 0.0268. The Hall–Kier alpha value is -6.91. The van der Waals surface area contributed by atoms with Gasteiger partial charge in [0.25, 0.3) is 10.0 Å². The van der Waals surface area contributed by atoms with Gasteiger partial charge in [0.15, 0.2) is 11.5 Å². The van der Waals surface area contributed by atoms with Gasteiger partial charge in [0, 0.05) is 63.7 Å². The van der Waals surface area contributed by atoms with Gasteiger partial charge in [-0.05, 0) is 101 Å². The number of halogens is 1. The number of allylic oxidation sites excluding steroid dienone is 2. The lowest BCUT2D eigenvalue weighted by atomic mass is 9.90. The highest BCUT2D eigenvalue weighted by atomic mass is 79.9. The number of carbonyl (C=O) groups excluding carboxylic acids is 2. The number of amides is 2. The molecule has 0 radical (unpaired) electrons. The number of rotatable bonds is 13. The molecule has 1 aliphatic heterocycles. The van der Waals surface area contributed by atoms with Crippen molar-refractivity contribution in [3.8, 4) is 11.5 Å². The highest BCUT2D eigenvalue weighted by Gasteiger charge is 2.32. The number of hydrogen-bond donors (Lipinski definition) is 3. The van der Waals surface area contributed by atoms with Crippen LogP contribution in [0, 0.1) is 6.92 Å². The summed E-state index contributed by atoms with van der Waals surface area (Å²) in [5, 5.41) is 3.13. The van der Waals surface area contributed by atoms with Crippen LogP contribution >= 0.6 is 15.9 Å². The molecule has 0 aliphatic carbocycles. The van der Waals surface area contributed by atoms with Crippen LogP contribution in [0.5, 0.6) is 11.5 Å². The zero-order chi connectivity index (χ0) is 45.4. The number of primary amides is 1. The Morgan fingerprint density at radius 2 is 1.62 bits per heavy atom. The number of H-pyrrole nitrogens is 1. The molecular weight excluding hydrogens is 899 g/mol. The van der Waals surface area contributed by atoms with Crippen LogP contribution in [0.25, 0.3) is 32.7 Å². The molecule has 1 unspecified atom stereocenters. The number of carbonyl (C=O) groups is 2. The van der Waals surface area contributed by atoms with E-state index in [0.717, 1.165) is 22.1 Å². The molecule has 15 heteroatoms. The van der Waals surface area contributed by atoms with E-state index in [-0.39, 0.29) is 11.7 Å². The maximum absolute atomic E-state index is 13.8. The highest BCUT2D eigenvalue weighted by Crippen LogP contribution is 2.39. The molecule has 1 aliphatic rings. The number of aryl methyl sites for hydroxylation is 1. The van der Waals surface area contributed by atoms with Gasteiger partial charge in [-0.3, -0.25) is 9.59 Å². The van der Waals surface area contributed by atoms with Crippen LogP contribution in [0.2, 0.25) is 0 Å². The van der Waals surface area contributed by atoms with Gasteiger partial charge in [0.05, 0.1) is 17.9 Å². The topological polar surface area (TPSA) is 169 Å². The third-order valence-corrected chi connectivity index (χ3v) is 12.3. The van der Waals surface area contributed by atoms with Crippen LogP contribution < -0.4 is 19.9 Å². The predicted molar refractivity (Wildman–Crippen MR) is 252 cm³/mol. The molecule has 9 rings (SSSR count). The molecule has 4 heterocycles. The molecule has 64 heavy (non-hydrogen) atoms. The molecule has 0 saturated carbocycles. The fourth-order valence-corrected chi connectivity index (χ4v) is 8.65. The van der Waals surface area contributed by atoms with E-state index in [1.165, 1.54) is 41.0 Å². The van der Waals surface area contributed by atoms with Crippen molar-refractivity contribution in [1.29, 1.82) is 0 Å². The van der Waals surface area contributed by atoms with Gasteiger partial charge in [-0.1, -0.05) is 76.1 Å². The number of nitrogens with two attached hydrogens (primary N) is 1. The molecular formula is C49H46BrN5O8S. The Balaban J connectivity index is 0.000000190. The lowest BCUT2D eigenvalue weighted by molar-refractivity contribution is -0.282. The fourth-order valence-electron chi connectivity index (χ4n) is 7.29. The van der Waals surface area contributed by atoms with Crippen molar-refractivity contribution < 1.29 is 37.3 Å². The Labute approximate surface area is 378 Å². The number of hydrogen-bond acceptors (Lipinski definition) is 8. The van der Waals surface area contributed by atoms with E-state index in [0.29, 0.717) is 52.2 Å². The summed E-state index contributed by atoms with van der Waals surface area (Å²) in [6.07, 6.45) is 9.32. The second-order valence-corrected chi connectivity index (χ2v) is 17.3. The Bertz CT molecular complexity index is 3100. The number of nitrogens with one attached hydrogen (secondary N) is 2. The standard InChI is InChI=1S/C28H25N3O6S.C13H15NO2.C8H6BrN/c1-3-12-31-15-22(21-10-6-19(27(29)32)13-23(21)31)26(18-7-11-24-25(14-18)37-16-36-24)28(33)30-38(34,35)20-8-4-17(2)5-9-20;1-3-7-14-8-6-12-5-4-11(9-13(12)14)10-16-15-2;9-7-2-1-6-3-4-10-8(6)5-7/h3-11,13-15,26H,1,12,16H2,2H3,(H2,29,32)(H,30,33);3-6,8-9H,1,7,10H2,2H3;1-5,10H. The summed E-state index contributed by atoms with van der Waals surface area (Å²) in [7, 11) is -2.65. The van der Waals surface area contributed by atoms with E-state index in [9.17, 15) is 18.0 Å². The van der Waals surface area contributed by atoms with Gasteiger partial charge >= 0.3 is 0 Å². The number of aromatic nitrogens is 3. The predicted octanol–water partition coefficient (Wildman–Crippen LogP) is 9.44. The van der Waals surface area contributed by atoms with Crippen LogP contribution in [-0.4, -0.2) is 48.3 Å². The fraction of sp³-hybridized carbons (Fsp3) is 0.143. The number of sulfonamides is 1. The first kappa shape index (κ1) is 45.1. The summed E-state index contributed by atoms with van der Waals surface area (Å²) in [6, 6.07) is 32.7. The smallest absolute Gasteiger partial charge is 0.264 e.